The van der Waals surface area contributed by atoms with Gasteiger partial charge in [0.05, 0.1) is 6.10 Å². The molecule has 0 aromatic rings. The van der Waals surface area contributed by atoms with Gasteiger partial charge in [-0.3, -0.25) is 4.90 Å². The number of piperidine rings is 1. The van der Waals surface area contributed by atoms with E-state index in [1.54, 1.807) is 0 Å². The molecule has 2 fully saturated rings. The highest BCUT2D eigenvalue weighted by molar-refractivity contribution is 4.94. The van der Waals surface area contributed by atoms with Crippen LogP contribution in [0.4, 0.5) is 0 Å². The topological polar surface area (TPSA) is 23.5 Å². The van der Waals surface area contributed by atoms with Crippen LogP contribution in [0.5, 0.6) is 0 Å². The molecule has 1 saturated carbocycles. The first-order valence-electron chi connectivity index (χ1n) is 5.64. The van der Waals surface area contributed by atoms with Gasteiger partial charge in [0.1, 0.15) is 0 Å². The van der Waals surface area contributed by atoms with Gasteiger partial charge >= 0.3 is 0 Å². The second kappa shape index (κ2) is 3.58. The summed E-state index contributed by atoms with van der Waals surface area (Å²) in [7, 11) is 0. The molecule has 0 spiro atoms. The third-order valence-corrected chi connectivity index (χ3v) is 3.88. The Kier molecular flexibility index (Phi) is 2.61. The first-order chi connectivity index (χ1) is 6.22. The van der Waals surface area contributed by atoms with E-state index in [1.807, 2.05) is 0 Å². The van der Waals surface area contributed by atoms with Crippen molar-refractivity contribution < 1.29 is 5.11 Å². The number of fused-ring (bicyclic) bond motifs is 1. The number of likely N-dealkylation sites (tertiary alicyclic amines) is 1. The van der Waals surface area contributed by atoms with Gasteiger partial charge in [-0.05, 0) is 44.6 Å². The Hall–Kier alpha value is -0.0800. The molecule has 0 bridgehead atoms. The zero-order valence-corrected chi connectivity index (χ0v) is 8.74. The molecule has 4 unspecified atom stereocenters. The van der Waals surface area contributed by atoms with Crippen LogP contribution in [0.3, 0.4) is 0 Å². The highest BCUT2D eigenvalue weighted by Crippen LogP contribution is 2.45. The Morgan fingerprint density at radius 2 is 2.23 bits per heavy atom. The predicted octanol–water partition coefficient (Wildman–Crippen LogP) is 1.49. The van der Waals surface area contributed by atoms with E-state index < -0.39 is 0 Å². The smallest absolute Gasteiger partial charge is 0.0690 e. The van der Waals surface area contributed by atoms with Crippen molar-refractivity contribution >= 4 is 0 Å². The highest BCUT2D eigenvalue weighted by atomic mass is 16.3. The van der Waals surface area contributed by atoms with Crippen LogP contribution >= 0.6 is 0 Å². The summed E-state index contributed by atoms with van der Waals surface area (Å²) in [5.74, 6) is 2.02. The summed E-state index contributed by atoms with van der Waals surface area (Å²) in [5.41, 5.74) is 0. The molecular formula is C11H21NO. The average molecular weight is 183 g/mol. The van der Waals surface area contributed by atoms with Gasteiger partial charge in [0, 0.05) is 12.6 Å². The molecule has 2 nitrogen and oxygen atoms in total. The molecule has 1 saturated heterocycles. The van der Waals surface area contributed by atoms with Crippen molar-refractivity contribution in [2.45, 2.75) is 45.3 Å². The summed E-state index contributed by atoms with van der Waals surface area (Å²) in [6.45, 7) is 6.67. The van der Waals surface area contributed by atoms with Crippen LogP contribution in [0.2, 0.25) is 0 Å². The summed E-state index contributed by atoms with van der Waals surface area (Å²) < 4.78 is 0. The summed E-state index contributed by atoms with van der Waals surface area (Å²) in [6, 6.07) is 0.367. The molecule has 0 amide bonds. The van der Waals surface area contributed by atoms with Gasteiger partial charge in [0.25, 0.3) is 0 Å². The van der Waals surface area contributed by atoms with Crippen LogP contribution in [0.1, 0.15) is 33.1 Å². The van der Waals surface area contributed by atoms with Crippen LogP contribution in [0, 0.1) is 11.8 Å². The van der Waals surface area contributed by atoms with Crippen LogP contribution in [0.15, 0.2) is 0 Å². The van der Waals surface area contributed by atoms with Crippen LogP contribution in [-0.2, 0) is 0 Å². The minimum Gasteiger partial charge on any atom is -0.392 e. The molecule has 0 aromatic heterocycles. The Morgan fingerprint density at radius 1 is 1.46 bits per heavy atom. The number of aliphatic hydroxyl groups is 1. The van der Waals surface area contributed by atoms with Crippen molar-refractivity contribution in [3.63, 3.8) is 0 Å². The van der Waals surface area contributed by atoms with E-state index in [0.29, 0.717) is 6.04 Å². The normalized spacial score (nSPS) is 38.1. The van der Waals surface area contributed by atoms with Gasteiger partial charge in [0.2, 0.25) is 0 Å². The standard InChI is InChI=1S/C11H21NO/c1-3-11(13)8(2)12-5-4-9-6-10(9)7-12/h8-11,13H,3-7H2,1-2H3. The summed E-state index contributed by atoms with van der Waals surface area (Å²) in [4.78, 5) is 2.47. The maximum atomic E-state index is 9.74. The largest absolute Gasteiger partial charge is 0.392 e. The van der Waals surface area contributed by atoms with Crippen LogP contribution < -0.4 is 0 Å². The minimum atomic E-state index is -0.129. The predicted molar refractivity (Wildman–Crippen MR) is 53.5 cm³/mol. The average Bonchev–Trinajstić information content (AvgIpc) is 2.92. The molecule has 1 N–H and O–H groups in total. The van der Waals surface area contributed by atoms with Crippen LogP contribution in [-0.4, -0.2) is 35.2 Å². The lowest BCUT2D eigenvalue weighted by Gasteiger charge is -2.34. The maximum absolute atomic E-state index is 9.74. The lowest BCUT2D eigenvalue weighted by Crippen LogP contribution is -2.44. The first kappa shape index (κ1) is 9.47. The third kappa shape index (κ3) is 1.89. The van der Waals surface area contributed by atoms with Gasteiger partial charge in [-0.1, -0.05) is 6.92 Å². The van der Waals surface area contributed by atoms with Crippen molar-refractivity contribution in [3.05, 3.63) is 0 Å². The number of aliphatic hydroxyl groups excluding tert-OH is 1. The van der Waals surface area contributed by atoms with Gasteiger partial charge < -0.3 is 5.11 Å². The van der Waals surface area contributed by atoms with Crippen LogP contribution in [0.25, 0.3) is 0 Å². The molecule has 13 heavy (non-hydrogen) atoms. The van der Waals surface area contributed by atoms with Gasteiger partial charge in [-0.25, -0.2) is 0 Å². The summed E-state index contributed by atoms with van der Waals surface area (Å²) >= 11 is 0. The molecule has 2 heteroatoms. The minimum absolute atomic E-state index is 0.129. The Morgan fingerprint density at radius 3 is 2.85 bits per heavy atom. The molecule has 2 rings (SSSR count). The lowest BCUT2D eigenvalue weighted by atomic mass is 10.0. The first-order valence-corrected chi connectivity index (χ1v) is 5.64. The quantitative estimate of drug-likeness (QED) is 0.716. The van der Waals surface area contributed by atoms with E-state index in [2.05, 4.69) is 18.7 Å². The zero-order chi connectivity index (χ0) is 9.42. The third-order valence-electron chi connectivity index (χ3n) is 3.88. The second-order valence-electron chi connectivity index (χ2n) is 4.76. The molecular weight excluding hydrogens is 162 g/mol. The Balaban J connectivity index is 1.85. The van der Waals surface area contributed by atoms with E-state index in [0.717, 1.165) is 18.3 Å². The molecule has 0 aromatic carbocycles. The van der Waals surface area contributed by atoms with E-state index in [9.17, 15) is 5.11 Å². The monoisotopic (exact) mass is 183 g/mol. The van der Waals surface area contributed by atoms with Gasteiger partial charge in [-0.2, -0.15) is 0 Å². The number of rotatable bonds is 3. The lowest BCUT2D eigenvalue weighted by molar-refractivity contribution is 0.0432. The van der Waals surface area contributed by atoms with Crippen molar-refractivity contribution in [1.82, 2.24) is 4.90 Å². The fourth-order valence-corrected chi connectivity index (χ4v) is 2.57. The van der Waals surface area contributed by atoms with E-state index in [1.165, 1.54) is 25.9 Å². The molecule has 1 aliphatic heterocycles. The Bertz CT molecular complexity index is 183. The molecule has 4 atom stereocenters. The molecule has 1 aliphatic carbocycles. The molecule has 0 radical (unpaired) electrons. The van der Waals surface area contributed by atoms with E-state index in [4.69, 9.17) is 0 Å². The SMILES string of the molecule is CCC(O)C(C)N1CCC2CC2C1. The molecule has 76 valence electrons. The van der Waals surface area contributed by atoms with Gasteiger partial charge in [-0.15, -0.1) is 0 Å². The summed E-state index contributed by atoms with van der Waals surface area (Å²) in [5, 5.41) is 9.74. The Labute approximate surface area is 80.9 Å². The van der Waals surface area contributed by atoms with E-state index in [-0.39, 0.29) is 6.10 Å². The molecule has 2 aliphatic rings. The second-order valence-corrected chi connectivity index (χ2v) is 4.76. The number of hydrogen-bond donors (Lipinski definition) is 1. The molecule has 1 heterocycles. The van der Waals surface area contributed by atoms with Crippen molar-refractivity contribution in [2.24, 2.45) is 11.8 Å². The number of nitrogens with zero attached hydrogens (tertiary/aromatic N) is 1. The summed E-state index contributed by atoms with van der Waals surface area (Å²) in [6.07, 6.45) is 3.57. The number of hydrogen-bond acceptors (Lipinski definition) is 2. The zero-order valence-electron chi connectivity index (χ0n) is 8.74. The maximum Gasteiger partial charge on any atom is 0.0690 e. The highest BCUT2D eigenvalue weighted by Gasteiger charge is 2.42. The fraction of sp³-hybridized carbons (Fsp3) is 1.00. The van der Waals surface area contributed by atoms with Gasteiger partial charge in [0.15, 0.2) is 0 Å². The van der Waals surface area contributed by atoms with Crippen molar-refractivity contribution in [2.75, 3.05) is 13.1 Å². The van der Waals surface area contributed by atoms with Crippen molar-refractivity contribution in [3.8, 4) is 0 Å². The van der Waals surface area contributed by atoms with E-state index >= 15 is 0 Å². The fourth-order valence-electron chi connectivity index (χ4n) is 2.57. The van der Waals surface area contributed by atoms with Crippen molar-refractivity contribution in [1.29, 1.82) is 0 Å².